The van der Waals surface area contributed by atoms with Crippen LogP contribution in [0.15, 0.2) is 71.4 Å². The molecule has 2 aromatic heterocycles. The van der Waals surface area contributed by atoms with Crippen LogP contribution in [0.4, 0.5) is 0 Å². The van der Waals surface area contributed by atoms with Crippen LogP contribution in [0.5, 0.6) is 0 Å². The van der Waals surface area contributed by atoms with Gasteiger partial charge in [0.1, 0.15) is 0 Å². The van der Waals surface area contributed by atoms with Crippen molar-refractivity contribution in [2.24, 2.45) is 10.8 Å². The lowest BCUT2D eigenvalue weighted by Gasteiger charge is -2.35. The van der Waals surface area contributed by atoms with Crippen molar-refractivity contribution in [3.8, 4) is 0 Å². The number of aliphatic carboxylic acids is 1. The molecule has 6 rings (SSSR count). The number of fused-ring (bicyclic) bond motifs is 2. The van der Waals surface area contributed by atoms with E-state index in [0.29, 0.717) is 18.7 Å². The van der Waals surface area contributed by atoms with Crippen molar-refractivity contribution in [3.63, 3.8) is 0 Å². The zero-order chi connectivity index (χ0) is 41.7. The summed E-state index contributed by atoms with van der Waals surface area (Å²) in [5.41, 5.74) is 4.35. The molecule has 3 N–H and O–H groups in total. The third-order valence-corrected chi connectivity index (χ3v) is 14.8. The summed E-state index contributed by atoms with van der Waals surface area (Å²) in [4.78, 5) is 31.6. The molecule has 2 aliphatic heterocycles. The van der Waals surface area contributed by atoms with Crippen LogP contribution in [-0.4, -0.2) is 52.0 Å². The zero-order valence-electron chi connectivity index (χ0n) is 35.7. The highest BCUT2D eigenvalue weighted by Crippen LogP contribution is 2.38. The first-order valence-corrected chi connectivity index (χ1v) is 23.8. The number of carbonyl (C=O) groups is 2. The topological polar surface area (TPSA) is 102 Å². The number of rotatable bonds is 19. The normalized spacial score (nSPS) is 15.5. The molecule has 2 unspecified atom stereocenters. The molecule has 59 heavy (non-hydrogen) atoms. The molecule has 0 bridgehead atoms. The lowest BCUT2D eigenvalue weighted by Crippen LogP contribution is -2.33. The van der Waals surface area contributed by atoms with Crippen molar-refractivity contribution in [2.45, 2.75) is 137 Å². The number of thiophene rings is 2. The average molecular weight is 886 g/mol. The van der Waals surface area contributed by atoms with E-state index in [1.54, 1.807) is 0 Å². The summed E-state index contributed by atoms with van der Waals surface area (Å²) in [7, 11) is 0. The summed E-state index contributed by atoms with van der Waals surface area (Å²) in [6.07, 6.45) is 12.3. The maximum atomic E-state index is 12.1. The number of nitrogens with zero attached hydrogens (tertiary/aromatic N) is 2. The Morgan fingerprint density at radius 2 is 1.14 bits per heavy atom. The highest BCUT2D eigenvalue weighted by Gasteiger charge is 2.31. The molecule has 0 amide bonds. The number of hydrogen-bond donors (Lipinski definition) is 1. The number of halogens is 2. The monoisotopic (exact) mass is 884 g/mol. The summed E-state index contributed by atoms with van der Waals surface area (Å²) < 4.78 is 5.21. The summed E-state index contributed by atoms with van der Waals surface area (Å²) in [5, 5.41) is 15.4. The van der Waals surface area contributed by atoms with Gasteiger partial charge in [0.2, 0.25) is 0 Å². The van der Waals surface area contributed by atoms with Crippen molar-refractivity contribution in [2.75, 3.05) is 19.7 Å². The Hall–Kier alpha value is -2.76. The van der Waals surface area contributed by atoms with Gasteiger partial charge in [0.15, 0.2) is 0 Å². The van der Waals surface area contributed by atoms with Gasteiger partial charge in [-0.1, -0.05) is 98.1 Å². The molecule has 4 heterocycles. The summed E-state index contributed by atoms with van der Waals surface area (Å²) in [6, 6.07) is 21.7. The number of carboxylic acids is 1. The van der Waals surface area contributed by atoms with Gasteiger partial charge in [-0.2, -0.15) is 0 Å². The van der Waals surface area contributed by atoms with Crippen LogP contribution >= 0.6 is 45.9 Å². The van der Waals surface area contributed by atoms with E-state index >= 15 is 0 Å². The number of benzene rings is 2. The summed E-state index contributed by atoms with van der Waals surface area (Å²) >= 11 is 16.9. The fraction of sp³-hybridized carbons (Fsp3) is 0.542. The molecule has 2 atom stereocenters. The maximum absolute atomic E-state index is 12.1. The van der Waals surface area contributed by atoms with E-state index in [1.807, 2.05) is 81.6 Å². The van der Waals surface area contributed by atoms with Gasteiger partial charge >= 0.3 is 11.9 Å². The molecule has 2 aliphatic rings. The van der Waals surface area contributed by atoms with Crippen molar-refractivity contribution >= 4 is 57.8 Å². The van der Waals surface area contributed by atoms with E-state index in [2.05, 4.69) is 57.0 Å². The fourth-order valence-electron chi connectivity index (χ4n) is 8.33. The molecule has 0 fully saturated rings. The molecule has 7 nitrogen and oxygen atoms in total. The average Bonchev–Trinajstić information content (AvgIpc) is 3.88. The van der Waals surface area contributed by atoms with Gasteiger partial charge in [0.25, 0.3) is 0 Å². The Kier molecular flexibility index (Phi) is 19.4. The largest absolute Gasteiger partial charge is 0.481 e. The van der Waals surface area contributed by atoms with E-state index in [1.165, 1.54) is 32.0 Å². The Balaban J connectivity index is 0.000000257. The molecule has 2 aromatic carbocycles. The lowest BCUT2D eigenvalue weighted by molar-refractivity contribution is -0.153. The predicted molar refractivity (Wildman–Crippen MR) is 247 cm³/mol. The highest BCUT2D eigenvalue weighted by molar-refractivity contribution is 7.10. The quantitative estimate of drug-likeness (QED) is 0.0743. The molecule has 0 saturated heterocycles. The van der Waals surface area contributed by atoms with E-state index in [4.69, 9.17) is 27.9 Å². The molecule has 0 radical (unpaired) electrons. The molecular weight excluding hydrogens is 820 g/mol. The number of hydrogen-bond acceptors (Lipinski definition) is 7. The molecule has 0 saturated carbocycles. The first-order chi connectivity index (χ1) is 27.8. The second-order valence-corrected chi connectivity index (χ2v) is 20.1. The SMILES string of the molecule is CC(C)(CCCCCC(c1ccccc1Cl)N1CCc2sccc2C1)C(=O)O.CCOC(=O)C(C)(C)CCCCCC(c1ccccc1Cl)N1CCc2sccc2C1.O. The third kappa shape index (κ3) is 13.9. The van der Waals surface area contributed by atoms with Gasteiger partial charge in [-0.3, -0.25) is 19.4 Å². The van der Waals surface area contributed by atoms with Crippen LogP contribution in [0, 0.1) is 10.8 Å². The second-order valence-electron chi connectivity index (χ2n) is 17.2. The smallest absolute Gasteiger partial charge is 0.311 e. The lowest BCUT2D eigenvalue weighted by atomic mass is 9.86. The number of esters is 1. The van der Waals surface area contributed by atoms with E-state index in [-0.39, 0.29) is 11.4 Å². The van der Waals surface area contributed by atoms with Crippen molar-refractivity contribution in [1.29, 1.82) is 0 Å². The standard InChI is InChI=1S/C25H34ClNO2S.C23H30ClNO2S.H2O/c1-4-29-24(28)25(2,3)15-9-5-6-12-22(20-10-7-8-11-21(20)26)27-16-13-23-19(18-27)14-17-30-23;1-23(2,22(26)27)13-7-3-4-10-20(18-8-5-6-9-19(18)24)25-14-11-21-17(16-25)12-15-28-21;/h7-8,10-11,14,17,22H,4-6,9,12-13,15-16,18H2,1-3H3;5-6,8-9,12,15,20H,3-4,7,10-11,13-14,16H2,1-2H3,(H,26,27);1H2. The fourth-order valence-corrected chi connectivity index (χ4v) is 10.6. The Morgan fingerprint density at radius 1 is 0.695 bits per heavy atom. The Morgan fingerprint density at radius 3 is 1.56 bits per heavy atom. The van der Waals surface area contributed by atoms with Gasteiger partial charge in [0, 0.05) is 58.1 Å². The van der Waals surface area contributed by atoms with Crippen LogP contribution in [0.2, 0.25) is 10.0 Å². The number of ether oxygens (including phenoxy) is 1. The molecule has 324 valence electrons. The number of carboxylic acid groups (broad SMARTS) is 1. The Bertz CT molecular complexity index is 1910. The van der Waals surface area contributed by atoms with Crippen LogP contribution in [0.25, 0.3) is 0 Å². The predicted octanol–water partition coefficient (Wildman–Crippen LogP) is 12.8. The van der Waals surface area contributed by atoms with Crippen LogP contribution in [-0.2, 0) is 40.3 Å². The van der Waals surface area contributed by atoms with E-state index in [0.717, 1.165) is 113 Å². The summed E-state index contributed by atoms with van der Waals surface area (Å²) in [6.45, 7) is 14.1. The molecular formula is C48H66Cl2N2O5S2. The zero-order valence-corrected chi connectivity index (χ0v) is 38.9. The second kappa shape index (κ2) is 23.5. The van der Waals surface area contributed by atoms with E-state index < -0.39 is 16.8 Å². The minimum atomic E-state index is -0.707. The van der Waals surface area contributed by atoms with Crippen LogP contribution in [0.3, 0.4) is 0 Å². The van der Waals surface area contributed by atoms with Crippen molar-refractivity contribution in [3.05, 3.63) is 113 Å². The first kappa shape index (κ1) is 48.9. The number of carbonyl (C=O) groups excluding carboxylic acids is 1. The van der Waals surface area contributed by atoms with Gasteiger partial charge in [-0.05, 0) is 130 Å². The van der Waals surface area contributed by atoms with Crippen molar-refractivity contribution < 1.29 is 24.9 Å². The van der Waals surface area contributed by atoms with Crippen LogP contribution < -0.4 is 0 Å². The number of unbranched alkanes of at least 4 members (excludes halogenated alkanes) is 4. The highest BCUT2D eigenvalue weighted by atomic mass is 35.5. The maximum Gasteiger partial charge on any atom is 0.311 e. The molecule has 0 aliphatic carbocycles. The minimum Gasteiger partial charge on any atom is -0.481 e. The molecule has 0 spiro atoms. The Labute approximate surface area is 371 Å². The third-order valence-electron chi connectivity index (χ3n) is 12.1. The van der Waals surface area contributed by atoms with E-state index in [9.17, 15) is 14.7 Å². The van der Waals surface area contributed by atoms with Gasteiger partial charge in [-0.25, -0.2) is 0 Å². The summed E-state index contributed by atoms with van der Waals surface area (Å²) in [5.74, 6) is -0.792. The van der Waals surface area contributed by atoms with Gasteiger partial charge in [-0.15, -0.1) is 22.7 Å². The molecule has 11 heteroatoms. The van der Waals surface area contributed by atoms with Gasteiger partial charge in [0.05, 0.1) is 17.4 Å². The van der Waals surface area contributed by atoms with Gasteiger partial charge < -0.3 is 15.3 Å². The first-order valence-electron chi connectivity index (χ1n) is 21.3. The van der Waals surface area contributed by atoms with Crippen molar-refractivity contribution in [1.82, 2.24) is 9.80 Å². The minimum absolute atomic E-state index is 0. The molecule has 4 aromatic rings. The van der Waals surface area contributed by atoms with Crippen LogP contribution in [0.1, 0.15) is 143 Å².